The summed E-state index contributed by atoms with van der Waals surface area (Å²) in [5.41, 5.74) is 1.17. The molecular formula is C18H13F2NO4. The Bertz CT molecular complexity index is 847. The van der Waals surface area contributed by atoms with Gasteiger partial charge < -0.3 is 14.2 Å². The van der Waals surface area contributed by atoms with Crippen molar-refractivity contribution < 1.29 is 27.8 Å². The van der Waals surface area contributed by atoms with Gasteiger partial charge in [-0.3, -0.25) is 0 Å². The molecule has 3 rings (SSSR count). The molecule has 0 atom stereocenters. The summed E-state index contributed by atoms with van der Waals surface area (Å²) in [6.07, 6.45) is 1.43. The summed E-state index contributed by atoms with van der Waals surface area (Å²) in [5.74, 6) is -0.407. The first-order chi connectivity index (χ1) is 12.1. The smallest absolute Gasteiger partial charge is 0.387 e. The van der Waals surface area contributed by atoms with Gasteiger partial charge in [-0.05, 0) is 35.9 Å². The molecule has 0 saturated carbocycles. The minimum absolute atomic E-state index is 0.0621. The Hall–Kier alpha value is -3.22. The number of carbonyl (C=O) groups is 1. The van der Waals surface area contributed by atoms with Crippen LogP contribution in [0.25, 0.3) is 6.08 Å². The molecular weight excluding hydrogens is 332 g/mol. The van der Waals surface area contributed by atoms with E-state index in [1.54, 1.807) is 30.3 Å². The van der Waals surface area contributed by atoms with Gasteiger partial charge in [0.25, 0.3) is 0 Å². The van der Waals surface area contributed by atoms with E-state index >= 15 is 0 Å². The number of hydrogen-bond acceptors (Lipinski definition) is 5. The summed E-state index contributed by atoms with van der Waals surface area (Å²) in [7, 11) is 1.34. The van der Waals surface area contributed by atoms with Crippen molar-refractivity contribution in [3.63, 3.8) is 0 Å². The first-order valence-corrected chi connectivity index (χ1v) is 7.27. The number of hydrogen-bond donors (Lipinski definition) is 0. The van der Waals surface area contributed by atoms with E-state index in [-0.39, 0.29) is 23.1 Å². The molecule has 0 unspecified atom stereocenters. The SMILES string of the molecule is COc1ccc(/C=C2\N=C(c3ccccc3)OC2=O)cc1OC(F)F. The molecule has 0 spiro atoms. The Morgan fingerprint density at radius 3 is 2.56 bits per heavy atom. The van der Waals surface area contributed by atoms with E-state index in [1.165, 1.54) is 25.3 Å². The third kappa shape index (κ3) is 3.82. The summed E-state index contributed by atoms with van der Waals surface area (Å²) in [4.78, 5) is 16.1. The van der Waals surface area contributed by atoms with Gasteiger partial charge in [0, 0.05) is 5.56 Å². The van der Waals surface area contributed by atoms with Gasteiger partial charge in [0.05, 0.1) is 7.11 Å². The van der Waals surface area contributed by atoms with Gasteiger partial charge in [0.15, 0.2) is 17.2 Å². The van der Waals surface area contributed by atoms with Crippen LogP contribution in [0.4, 0.5) is 8.78 Å². The first kappa shape index (κ1) is 16.6. The fourth-order valence-corrected chi connectivity index (χ4v) is 2.24. The number of alkyl halides is 2. The largest absolute Gasteiger partial charge is 0.493 e. The topological polar surface area (TPSA) is 57.1 Å². The highest BCUT2D eigenvalue weighted by Gasteiger charge is 2.24. The van der Waals surface area contributed by atoms with E-state index in [0.29, 0.717) is 11.1 Å². The number of cyclic esters (lactones) is 1. The predicted octanol–water partition coefficient (Wildman–Crippen LogP) is 3.64. The minimum atomic E-state index is -2.99. The van der Waals surface area contributed by atoms with Crippen molar-refractivity contribution in [2.45, 2.75) is 6.61 Å². The Balaban J connectivity index is 1.92. The third-order valence-electron chi connectivity index (χ3n) is 3.35. The van der Waals surface area contributed by atoms with Crippen LogP contribution < -0.4 is 9.47 Å². The Morgan fingerprint density at radius 1 is 1.12 bits per heavy atom. The molecule has 0 saturated heterocycles. The zero-order valence-electron chi connectivity index (χ0n) is 13.1. The van der Waals surface area contributed by atoms with E-state index in [4.69, 9.17) is 9.47 Å². The zero-order chi connectivity index (χ0) is 17.8. The molecule has 1 aliphatic rings. The highest BCUT2D eigenvalue weighted by atomic mass is 19.3. The quantitative estimate of drug-likeness (QED) is 0.613. The standard InChI is InChI=1S/C18H13F2NO4/c1-23-14-8-7-11(10-15(14)24-18(19)20)9-13-17(22)25-16(21-13)12-5-3-2-4-6-12/h2-10,18H,1H3/b13-9-. The molecule has 0 amide bonds. The van der Waals surface area contributed by atoms with Crippen molar-refractivity contribution in [2.75, 3.05) is 7.11 Å². The Labute approximate surface area is 142 Å². The average molecular weight is 345 g/mol. The molecule has 2 aromatic carbocycles. The van der Waals surface area contributed by atoms with Crippen LogP contribution >= 0.6 is 0 Å². The molecule has 0 bridgehead atoms. The lowest BCUT2D eigenvalue weighted by Crippen LogP contribution is -2.05. The summed E-state index contributed by atoms with van der Waals surface area (Å²) in [6, 6.07) is 13.3. The van der Waals surface area contributed by atoms with Crippen LogP contribution in [0.3, 0.4) is 0 Å². The lowest BCUT2D eigenvalue weighted by atomic mass is 10.1. The summed E-state index contributed by atoms with van der Waals surface area (Å²) < 4.78 is 39.5. The molecule has 2 aromatic rings. The molecule has 0 radical (unpaired) electrons. The fraction of sp³-hybridized carbons (Fsp3) is 0.111. The van der Waals surface area contributed by atoms with Crippen molar-refractivity contribution in [2.24, 2.45) is 4.99 Å². The lowest BCUT2D eigenvalue weighted by molar-refractivity contribution is -0.129. The van der Waals surface area contributed by atoms with E-state index in [0.717, 1.165) is 0 Å². The van der Waals surface area contributed by atoms with Crippen LogP contribution in [0.2, 0.25) is 0 Å². The third-order valence-corrected chi connectivity index (χ3v) is 3.35. The zero-order valence-corrected chi connectivity index (χ0v) is 13.1. The number of esters is 1. The van der Waals surface area contributed by atoms with E-state index in [1.807, 2.05) is 6.07 Å². The van der Waals surface area contributed by atoms with Gasteiger partial charge >= 0.3 is 12.6 Å². The van der Waals surface area contributed by atoms with Crippen molar-refractivity contribution >= 4 is 17.9 Å². The number of aliphatic imine (C=N–C) groups is 1. The maximum absolute atomic E-state index is 12.5. The molecule has 128 valence electrons. The second-order valence-corrected chi connectivity index (χ2v) is 4.99. The molecule has 1 aliphatic heterocycles. The van der Waals surface area contributed by atoms with Crippen molar-refractivity contribution in [3.05, 3.63) is 65.4 Å². The van der Waals surface area contributed by atoms with E-state index < -0.39 is 12.6 Å². The van der Waals surface area contributed by atoms with Crippen LogP contribution in [0.5, 0.6) is 11.5 Å². The summed E-state index contributed by atoms with van der Waals surface area (Å²) >= 11 is 0. The lowest BCUT2D eigenvalue weighted by Gasteiger charge is -2.10. The molecule has 0 aromatic heterocycles. The maximum Gasteiger partial charge on any atom is 0.387 e. The summed E-state index contributed by atoms with van der Waals surface area (Å²) in [6.45, 7) is -2.99. The maximum atomic E-state index is 12.5. The van der Waals surface area contributed by atoms with Gasteiger partial charge in [-0.25, -0.2) is 9.79 Å². The summed E-state index contributed by atoms with van der Waals surface area (Å²) in [5, 5.41) is 0. The monoisotopic (exact) mass is 345 g/mol. The molecule has 0 fully saturated rings. The number of halogens is 2. The molecule has 0 aliphatic carbocycles. The van der Waals surface area contributed by atoms with E-state index in [9.17, 15) is 13.6 Å². The number of rotatable bonds is 5. The normalized spacial score (nSPS) is 15.3. The van der Waals surface area contributed by atoms with Gasteiger partial charge in [0.1, 0.15) is 0 Å². The van der Waals surface area contributed by atoms with Crippen LogP contribution in [-0.4, -0.2) is 25.6 Å². The Morgan fingerprint density at radius 2 is 1.88 bits per heavy atom. The van der Waals surface area contributed by atoms with Crippen LogP contribution in [0, 0.1) is 0 Å². The highest BCUT2D eigenvalue weighted by Crippen LogP contribution is 2.31. The molecule has 7 heteroatoms. The number of methoxy groups -OCH3 is 1. The highest BCUT2D eigenvalue weighted by molar-refractivity contribution is 6.12. The van der Waals surface area contributed by atoms with Crippen molar-refractivity contribution in [1.82, 2.24) is 0 Å². The second kappa shape index (κ2) is 7.12. The Kier molecular flexibility index (Phi) is 4.74. The van der Waals surface area contributed by atoms with Gasteiger partial charge in [-0.2, -0.15) is 8.78 Å². The van der Waals surface area contributed by atoms with E-state index in [2.05, 4.69) is 9.73 Å². The van der Waals surface area contributed by atoms with Gasteiger partial charge in [0.2, 0.25) is 5.90 Å². The average Bonchev–Trinajstić information content (AvgIpc) is 2.96. The minimum Gasteiger partial charge on any atom is -0.493 e. The van der Waals surface area contributed by atoms with Gasteiger partial charge in [-0.1, -0.05) is 24.3 Å². The van der Waals surface area contributed by atoms with Crippen molar-refractivity contribution in [1.29, 1.82) is 0 Å². The predicted molar refractivity (Wildman–Crippen MR) is 86.7 cm³/mol. The molecule has 1 heterocycles. The molecule has 5 nitrogen and oxygen atoms in total. The molecule has 0 N–H and O–H groups in total. The first-order valence-electron chi connectivity index (χ1n) is 7.27. The van der Waals surface area contributed by atoms with Crippen LogP contribution in [-0.2, 0) is 9.53 Å². The number of ether oxygens (including phenoxy) is 3. The van der Waals surface area contributed by atoms with Gasteiger partial charge in [-0.15, -0.1) is 0 Å². The number of carbonyl (C=O) groups excluding carboxylic acids is 1. The van der Waals surface area contributed by atoms with Crippen LogP contribution in [0.15, 0.2) is 59.2 Å². The number of nitrogens with zero attached hydrogens (tertiary/aromatic N) is 1. The number of benzene rings is 2. The fourth-order valence-electron chi connectivity index (χ4n) is 2.24. The van der Waals surface area contributed by atoms with Crippen molar-refractivity contribution in [3.8, 4) is 11.5 Å². The van der Waals surface area contributed by atoms with Crippen LogP contribution in [0.1, 0.15) is 11.1 Å². The second-order valence-electron chi connectivity index (χ2n) is 4.99. The molecule has 25 heavy (non-hydrogen) atoms.